The Morgan fingerprint density at radius 1 is 1.09 bits per heavy atom. The number of ether oxygens (including phenoxy) is 1. The number of pyridine rings is 1. The van der Waals surface area contributed by atoms with Crippen molar-refractivity contribution >= 4 is 40.7 Å². The fourth-order valence-corrected chi connectivity index (χ4v) is 6.81. The maximum absolute atomic E-state index is 15.4. The lowest BCUT2D eigenvalue weighted by Gasteiger charge is -2.20. The maximum atomic E-state index is 15.4. The Morgan fingerprint density at radius 3 is 2.57 bits per heavy atom. The van der Waals surface area contributed by atoms with Crippen LogP contribution in [0.5, 0.6) is 5.88 Å². The SMILES string of the molecule is COc1nc(-c2cccc(-c3c(F)ccc(NC(=O)c4cn(C)c(=O)n(C)c4=O)c3Cl)c2Cl)cc2c1C(NCC1CCC(=O)N1)CC2. The lowest BCUT2D eigenvalue weighted by molar-refractivity contribution is -0.119. The highest BCUT2D eigenvalue weighted by molar-refractivity contribution is 6.39. The zero-order valence-electron chi connectivity index (χ0n) is 25.7. The maximum Gasteiger partial charge on any atom is 0.330 e. The molecule has 3 heterocycles. The van der Waals surface area contributed by atoms with Crippen LogP contribution >= 0.6 is 23.2 Å². The van der Waals surface area contributed by atoms with E-state index >= 15 is 4.39 Å². The Hall–Kier alpha value is -4.52. The lowest BCUT2D eigenvalue weighted by atomic mass is 9.98. The zero-order chi connectivity index (χ0) is 33.6. The summed E-state index contributed by atoms with van der Waals surface area (Å²) in [6, 6.07) is 9.54. The molecule has 0 saturated carbocycles. The predicted molar refractivity (Wildman–Crippen MR) is 177 cm³/mol. The molecule has 1 saturated heterocycles. The highest BCUT2D eigenvalue weighted by atomic mass is 35.5. The predicted octanol–water partition coefficient (Wildman–Crippen LogP) is 4.38. The number of amides is 2. The van der Waals surface area contributed by atoms with Gasteiger partial charge in [0.15, 0.2) is 0 Å². The third-order valence-corrected chi connectivity index (χ3v) is 9.42. The molecular weight excluding hydrogens is 650 g/mol. The fourth-order valence-electron chi connectivity index (χ4n) is 6.19. The van der Waals surface area contributed by atoms with Crippen LogP contribution in [0.2, 0.25) is 10.0 Å². The Bertz CT molecular complexity index is 2060. The Morgan fingerprint density at radius 2 is 1.85 bits per heavy atom. The average molecular weight is 682 g/mol. The highest BCUT2D eigenvalue weighted by Crippen LogP contribution is 2.45. The second-order valence-corrected chi connectivity index (χ2v) is 12.4. The summed E-state index contributed by atoms with van der Waals surface area (Å²) in [7, 11) is 4.23. The van der Waals surface area contributed by atoms with Gasteiger partial charge in [-0.3, -0.25) is 19.0 Å². The fraction of sp³-hybridized carbons (Fsp3) is 0.303. The van der Waals surface area contributed by atoms with Crippen molar-refractivity contribution in [2.45, 2.75) is 37.8 Å². The first kappa shape index (κ1) is 32.4. The van der Waals surface area contributed by atoms with Crippen molar-refractivity contribution in [2.24, 2.45) is 14.1 Å². The van der Waals surface area contributed by atoms with Crippen LogP contribution in [-0.2, 0) is 25.3 Å². The van der Waals surface area contributed by atoms with Gasteiger partial charge < -0.3 is 25.3 Å². The molecule has 2 amide bonds. The van der Waals surface area contributed by atoms with E-state index in [0.717, 1.165) is 51.8 Å². The van der Waals surface area contributed by atoms with Crippen LogP contribution in [0.1, 0.15) is 46.8 Å². The van der Waals surface area contributed by atoms with Gasteiger partial charge in [-0.15, -0.1) is 0 Å². The van der Waals surface area contributed by atoms with E-state index in [1.54, 1.807) is 25.3 Å². The van der Waals surface area contributed by atoms with E-state index in [4.69, 9.17) is 32.9 Å². The first-order chi connectivity index (χ1) is 22.5. The minimum absolute atomic E-state index is 0.00705. The molecule has 244 valence electrons. The van der Waals surface area contributed by atoms with Gasteiger partial charge in [-0.2, -0.15) is 0 Å². The molecule has 2 unspecified atom stereocenters. The van der Waals surface area contributed by atoms with Gasteiger partial charge in [0.05, 0.1) is 28.5 Å². The number of benzene rings is 2. The minimum atomic E-state index is -0.823. The molecule has 0 spiro atoms. The van der Waals surface area contributed by atoms with Gasteiger partial charge in [-0.1, -0.05) is 41.4 Å². The zero-order valence-corrected chi connectivity index (χ0v) is 27.3. The van der Waals surface area contributed by atoms with Crippen LogP contribution in [0.15, 0.2) is 52.2 Å². The van der Waals surface area contributed by atoms with Crippen molar-refractivity contribution in [2.75, 3.05) is 19.0 Å². The topological polar surface area (TPSA) is 136 Å². The Labute approximate surface area is 278 Å². The number of halogens is 3. The average Bonchev–Trinajstić information content (AvgIpc) is 3.67. The van der Waals surface area contributed by atoms with Crippen molar-refractivity contribution in [3.05, 3.63) is 96.0 Å². The van der Waals surface area contributed by atoms with Crippen LogP contribution in [0.25, 0.3) is 22.4 Å². The third kappa shape index (κ3) is 6.04. The molecule has 1 aliphatic carbocycles. The normalized spacial score (nSPS) is 17.0. The number of carbonyl (C=O) groups excluding carboxylic acids is 2. The van der Waals surface area contributed by atoms with Crippen LogP contribution in [0.4, 0.5) is 10.1 Å². The first-order valence-corrected chi connectivity index (χ1v) is 15.7. The van der Waals surface area contributed by atoms with E-state index in [1.165, 1.54) is 20.2 Å². The van der Waals surface area contributed by atoms with E-state index in [1.807, 2.05) is 6.07 Å². The van der Waals surface area contributed by atoms with E-state index in [0.29, 0.717) is 30.1 Å². The molecule has 0 bridgehead atoms. The molecule has 2 aromatic carbocycles. The summed E-state index contributed by atoms with van der Waals surface area (Å²) in [5.41, 5.74) is 1.62. The molecule has 2 atom stereocenters. The largest absolute Gasteiger partial charge is 0.481 e. The molecule has 0 radical (unpaired) electrons. The Balaban J connectivity index is 1.32. The van der Waals surface area contributed by atoms with Crippen LogP contribution in [-0.4, -0.2) is 45.6 Å². The van der Waals surface area contributed by atoms with Gasteiger partial charge >= 0.3 is 5.69 Å². The number of aromatic nitrogens is 3. The number of hydrogen-bond donors (Lipinski definition) is 3. The summed E-state index contributed by atoms with van der Waals surface area (Å²) in [5.74, 6) is -0.992. The van der Waals surface area contributed by atoms with Gasteiger partial charge in [-0.05, 0) is 43.0 Å². The number of carbonyl (C=O) groups is 2. The second kappa shape index (κ2) is 12.9. The standard InChI is InChI=1S/C33H31Cl2FN6O5/c1-41-15-20(32(45)42(2)33(41)46)30(44)39-23-11-9-21(36)27(29(23)35)19-6-4-5-18(28(19)34)24-13-16-7-10-22(26(16)31(40-24)47-3)37-14-17-8-12-25(43)38-17/h4-6,9,11,13,15,17,22,37H,7-8,10,12,14H2,1-3H3,(H,38,43)(H,39,44). The number of anilines is 1. The van der Waals surface area contributed by atoms with Gasteiger partial charge in [0.25, 0.3) is 11.5 Å². The first-order valence-electron chi connectivity index (χ1n) is 14.9. The molecule has 14 heteroatoms. The van der Waals surface area contributed by atoms with Crippen molar-refractivity contribution in [1.82, 2.24) is 24.8 Å². The molecular formula is C33H31Cl2FN6O5. The molecule has 6 rings (SSSR count). The van der Waals surface area contributed by atoms with Crippen molar-refractivity contribution in [3.8, 4) is 28.3 Å². The van der Waals surface area contributed by atoms with Crippen molar-refractivity contribution < 1.29 is 18.7 Å². The van der Waals surface area contributed by atoms with Gasteiger partial charge in [0.2, 0.25) is 11.8 Å². The summed E-state index contributed by atoms with van der Waals surface area (Å²) < 4.78 is 23.1. The van der Waals surface area contributed by atoms with E-state index in [2.05, 4.69) is 16.0 Å². The van der Waals surface area contributed by atoms with Crippen molar-refractivity contribution in [3.63, 3.8) is 0 Å². The molecule has 47 heavy (non-hydrogen) atoms. The lowest BCUT2D eigenvalue weighted by Crippen LogP contribution is -2.40. The van der Waals surface area contributed by atoms with E-state index < -0.39 is 23.0 Å². The molecule has 3 N–H and O–H groups in total. The number of rotatable bonds is 8. The monoisotopic (exact) mass is 680 g/mol. The molecule has 4 aromatic rings. The summed E-state index contributed by atoms with van der Waals surface area (Å²) in [5, 5.41) is 9.13. The van der Waals surface area contributed by atoms with Crippen LogP contribution < -0.4 is 31.9 Å². The smallest absolute Gasteiger partial charge is 0.330 e. The number of fused-ring (bicyclic) bond motifs is 1. The van der Waals surface area contributed by atoms with Crippen molar-refractivity contribution in [1.29, 1.82) is 0 Å². The van der Waals surface area contributed by atoms with Gasteiger partial charge in [0, 0.05) is 67.6 Å². The molecule has 2 aliphatic rings. The minimum Gasteiger partial charge on any atom is -0.481 e. The number of aryl methyl sites for hydroxylation is 2. The summed E-state index contributed by atoms with van der Waals surface area (Å²) >= 11 is 13.6. The van der Waals surface area contributed by atoms with E-state index in [-0.39, 0.29) is 50.4 Å². The molecule has 2 aromatic heterocycles. The van der Waals surface area contributed by atoms with Gasteiger partial charge in [-0.25, -0.2) is 14.2 Å². The Kier molecular flexibility index (Phi) is 8.93. The summed E-state index contributed by atoms with van der Waals surface area (Å²) in [6.07, 6.45) is 4.06. The second-order valence-electron chi connectivity index (χ2n) is 11.6. The summed E-state index contributed by atoms with van der Waals surface area (Å²) in [6.45, 7) is 0.641. The number of methoxy groups -OCH3 is 1. The quantitative estimate of drug-likeness (QED) is 0.251. The van der Waals surface area contributed by atoms with Gasteiger partial charge in [0.1, 0.15) is 11.4 Å². The molecule has 1 aliphatic heterocycles. The number of nitrogens with zero attached hydrogens (tertiary/aromatic N) is 3. The summed E-state index contributed by atoms with van der Waals surface area (Å²) in [4.78, 5) is 54.1. The van der Waals surface area contributed by atoms with Crippen LogP contribution in [0, 0.1) is 5.82 Å². The molecule has 1 fully saturated rings. The van der Waals surface area contributed by atoms with Crippen LogP contribution in [0.3, 0.4) is 0 Å². The highest BCUT2D eigenvalue weighted by Gasteiger charge is 2.30. The third-order valence-electron chi connectivity index (χ3n) is 8.62. The number of hydrogen-bond acceptors (Lipinski definition) is 7. The van der Waals surface area contributed by atoms with E-state index in [9.17, 15) is 19.2 Å². The molecule has 11 nitrogen and oxygen atoms in total. The number of nitrogens with one attached hydrogen (secondary N) is 3.